The zero-order chi connectivity index (χ0) is 19.6. The Labute approximate surface area is 158 Å². The van der Waals surface area contributed by atoms with Crippen LogP contribution in [0.1, 0.15) is 23.1 Å². The lowest BCUT2D eigenvalue weighted by atomic mass is 10.0. The Balaban J connectivity index is 1.74. The van der Waals surface area contributed by atoms with E-state index in [9.17, 15) is 14.4 Å². The van der Waals surface area contributed by atoms with Gasteiger partial charge in [0.15, 0.2) is 11.2 Å². The molecule has 1 aliphatic rings. The lowest BCUT2D eigenvalue weighted by molar-refractivity contribution is 0.557. The first kappa shape index (κ1) is 16.7. The van der Waals surface area contributed by atoms with Gasteiger partial charge < -0.3 is 8.98 Å². The predicted molar refractivity (Wildman–Crippen MR) is 104 cm³/mol. The molecular formula is C20H18N4O4. The first-order valence-corrected chi connectivity index (χ1v) is 9.13. The number of rotatable bonds is 2. The highest BCUT2D eigenvalue weighted by molar-refractivity contribution is 5.82. The van der Waals surface area contributed by atoms with Crippen molar-refractivity contribution in [3.8, 4) is 0 Å². The summed E-state index contributed by atoms with van der Waals surface area (Å²) in [6, 6.07) is 5.50. The molecular weight excluding hydrogens is 360 g/mol. The molecule has 0 amide bonds. The van der Waals surface area contributed by atoms with E-state index in [-0.39, 0.29) is 6.54 Å². The number of benzene rings is 1. The maximum atomic E-state index is 12.7. The molecule has 28 heavy (non-hydrogen) atoms. The second kappa shape index (κ2) is 5.79. The maximum absolute atomic E-state index is 12.7. The largest absolute Gasteiger partial charge is 0.423 e. The smallest absolute Gasteiger partial charge is 0.336 e. The van der Waals surface area contributed by atoms with Gasteiger partial charge in [0.25, 0.3) is 5.56 Å². The number of aryl methyl sites for hydroxylation is 3. The first-order valence-electron chi connectivity index (χ1n) is 9.13. The Morgan fingerprint density at radius 3 is 2.57 bits per heavy atom. The molecule has 0 saturated carbocycles. The molecule has 0 radical (unpaired) electrons. The minimum atomic E-state index is -0.427. The van der Waals surface area contributed by atoms with Gasteiger partial charge >= 0.3 is 11.3 Å². The highest BCUT2D eigenvalue weighted by Crippen LogP contribution is 2.29. The van der Waals surface area contributed by atoms with Crippen LogP contribution < -0.4 is 16.9 Å². The van der Waals surface area contributed by atoms with Crippen molar-refractivity contribution in [1.29, 1.82) is 0 Å². The summed E-state index contributed by atoms with van der Waals surface area (Å²) in [4.78, 5) is 41.1. The molecule has 0 aliphatic heterocycles. The zero-order valence-electron chi connectivity index (χ0n) is 15.6. The van der Waals surface area contributed by atoms with Gasteiger partial charge in [0.1, 0.15) is 5.58 Å². The number of nitrogens with zero attached hydrogens (tertiary/aromatic N) is 4. The highest BCUT2D eigenvalue weighted by Gasteiger charge is 2.18. The number of aromatic nitrogens is 4. The summed E-state index contributed by atoms with van der Waals surface area (Å²) >= 11 is 0. The monoisotopic (exact) mass is 378 g/mol. The van der Waals surface area contributed by atoms with Crippen molar-refractivity contribution in [3.63, 3.8) is 0 Å². The highest BCUT2D eigenvalue weighted by atomic mass is 16.4. The van der Waals surface area contributed by atoms with E-state index in [1.807, 2.05) is 6.07 Å². The Morgan fingerprint density at radius 2 is 1.79 bits per heavy atom. The van der Waals surface area contributed by atoms with Crippen LogP contribution in [0.5, 0.6) is 0 Å². The summed E-state index contributed by atoms with van der Waals surface area (Å²) in [5.74, 6) is 0. The van der Waals surface area contributed by atoms with Gasteiger partial charge in [-0.05, 0) is 48.1 Å². The first-order chi connectivity index (χ1) is 13.4. The molecule has 0 N–H and O–H groups in total. The van der Waals surface area contributed by atoms with Crippen LogP contribution in [-0.2, 0) is 33.5 Å². The van der Waals surface area contributed by atoms with Crippen LogP contribution in [0.2, 0.25) is 0 Å². The van der Waals surface area contributed by atoms with Crippen LogP contribution in [0.3, 0.4) is 0 Å². The molecule has 0 bridgehead atoms. The van der Waals surface area contributed by atoms with Gasteiger partial charge in [-0.15, -0.1) is 0 Å². The summed E-state index contributed by atoms with van der Waals surface area (Å²) in [5.41, 5.74) is 3.21. The third kappa shape index (κ3) is 2.30. The maximum Gasteiger partial charge on any atom is 0.336 e. The van der Waals surface area contributed by atoms with Gasteiger partial charge in [-0.25, -0.2) is 14.6 Å². The molecule has 5 rings (SSSR count). The zero-order valence-corrected chi connectivity index (χ0v) is 15.6. The normalized spacial score (nSPS) is 13.5. The second-order valence-corrected chi connectivity index (χ2v) is 7.31. The van der Waals surface area contributed by atoms with Crippen molar-refractivity contribution in [2.75, 3.05) is 0 Å². The molecule has 1 aliphatic carbocycles. The molecule has 0 atom stereocenters. The van der Waals surface area contributed by atoms with Gasteiger partial charge in [-0.1, -0.05) is 0 Å². The molecule has 8 nitrogen and oxygen atoms in total. The molecule has 1 aromatic carbocycles. The molecule has 4 aromatic rings. The van der Waals surface area contributed by atoms with Crippen molar-refractivity contribution in [1.82, 2.24) is 18.7 Å². The quantitative estimate of drug-likeness (QED) is 0.487. The summed E-state index contributed by atoms with van der Waals surface area (Å²) in [7, 11) is 3.02. The van der Waals surface area contributed by atoms with Crippen LogP contribution >= 0.6 is 0 Å². The SMILES string of the molecule is Cn1c(=O)c2c(ncn2Cc2cc(=O)oc3cc4c(cc23)CCC4)n(C)c1=O. The number of hydrogen-bond donors (Lipinski definition) is 0. The molecule has 142 valence electrons. The van der Waals surface area contributed by atoms with Gasteiger partial charge in [-0.3, -0.25) is 13.9 Å². The molecule has 0 unspecified atom stereocenters. The van der Waals surface area contributed by atoms with Crippen molar-refractivity contribution >= 4 is 22.1 Å². The second-order valence-electron chi connectivity index (χ2n) is 7.31. The minimum absolute atomic E-state index is 0.283. The van der Waals surface area contributed by atoms with Crippen LogP contribution in [0.15, 0.2) is 43.3 Å². The van der Waals surface area contributed by atoms with E-state index in [2.05, 4.69) is 11.1 Å². The summed E-state index contributed by atoms with van der Waals surface area (Å²) in [6.07, 6.45) is 4.64. The van der Waals surface area contributed by atoms with Crippen molar-refractivity contribution in [3.05, 3.63) is 72.5 Å². The van der Waals surface area contributed by atoms with Crippen LogP contribution in [-0.4, -0.2) is 18.7 Å². The molecule has 0 saturated heterocycles. The predicted octanol–water partition coefficient (Wildman–Crippen LogP) is 1.08. The number of hydrogen-bond acceptors (Lipinski definition) is 5. The van der Waals surface area contributed by atoms with Gasteiger partial charge in [0.2, 0.25) is 0 Å². The topological polar surface area (TPSA) is 92.0 Å². The molecule has 3 aromatic heterocycles. The van der Waals surface area contributed by atoms with E-state index in [4.69, 9.17) is 4.42 Å². The summed E-state index contributed by atoms with van der Waals surface area (Å²) in [5, 5.41) is 0.865. The van der Waals surface area contributed by atoms with E-state index in [0.717, 1.165) is 34.8 Å². The fourth-order valence-electron chi connectivity index (χ4n) is 4.13. The van der Waals surface area contributed by atoms with E-state index in [0.29, 0.717) is 16.7 Å². The molecule has 0 spiro atoms. The number of fused-ring (bicyclic) bond motifs is 3. The summed E-state index contributed by atoms with van der Waals surface area (Å²) < 4.78 is 9.50. The van der Waals surface area contributed by atoms with E-state index < -0.39 is 16.9 Å². The fourth-order valence-corrected chi connectivity index (χ4v) is 4.13. The average molecular weight is 378 g/mol. The van der Waals surface area contributed by atoms with E-state index >= 15 is 0 Å². The van der Waals surface area contributed by atoms with Crippen LogP contribution in [0.25, 0.3) is 22.1 Å². The Morgan fingerprint density at radius 1 is 1.04 bits per heavy atom. The lowest BCUT2D eigenvalue weighted by Crippen LogP contribution is -2.37. The van der Waals surface area contributed by atoms with Crippen LogP contribution in [0.4, 0.5) is 0 Å². The van der Waals surface area contributed by atoms with Crippen molar-refractivity contribution < 1.29 is 4.42 Å². The molecule has 8 heteroatoms. The van der Waals surface area contributed by atoms with Crippen molar-refractivity contribution in [2.24, 2.45) is 14.1 Å². The Bertz CT molecular complexity index is 1450. The number of imidazole rings is 1. The summed E-state index contributed by atoms with van der Waals surface area (Å²) in [6.45, 7) is 0.283. The average Bonchev–Trinajstić information content (AvgIpc) is 3.29. The Hall–Kier alpha value is -3.42. The minimum Gasteiger partial charge on any atom is -0.423 e. The third-order valence-corrected chi connectivity index (χ3v) is 5.60. The fraction of sp³-hybridized carbons (Fsp3) is 0.300. The standard InChI is InChI=1S/C20H18N4O4/c1-22-18-17(19(26)23(2)20(22)27)24(10-21-18)9-13-8-16(25)28-15-7-12-5-3-4-11(12)6-14(13)15/h6-8,10H,3-5,9H2,1-2H3. The van der Waals surface area contributed by atoms with Crippen molar-refractivity contribution in [2.45, 2.75) is 25.8 Å². The van der Waals surface area contributed by atoms with Gasteiger partial charge in [-0.2, -0.15) is 0 Å². The van der Waals surface area contributed by atoms with E-state index in [1.165, 1.54) is 35.1 Å². The van der Waals surface area contributed by atoms with Gasteiger partial charge in [0.05, 0.1) is 12.9 Å². The third-order valence-electron chi connectivity index (χ3n) is 5.60. The van der Waals surface area contributed by atoms with Crippen LogP contribution in [0, 0.1) is 0 Å². The van der Waals surface area contributed by atoms with E-state index in [1.54, 1.807) is 11.6 Å². The molecule has 3 heterocycles. The Kier molecular flexibility index (Phi) is 3.46. The van der Waals surface area contributed by atoms with Gasteiger partial charge in [0, 0.05) is 25.5 Å². The molecule has 0 fully saturated rings. The lowest BCUT2D eigenvalue weighted by Gasteiger charge is -2.10.